The lowest BCUT2D eigenvalue weighted by molar-refractivity contribution is 0.613. The molecule has 0 saturated carbocycles. The molecule has 0 saturated heterocycles. The standard InChI is InChI=1S/C24H29/c1-3-4-5-6-7-8-13-23-22-12-10-9-11-21(22)18-24(23)20-16-14-19(2)15-17-20/h9-12,14-18H,3-8,13H2,1-2H3. The summed E-state index contributed by atoms with van der Waals surface area (Å²) in [5.74, 6) is 0. The van der Waals surface area contributed by atoms with Crippen LogP contribution < -0.4 is 0 Å². The van der Waals surface area contributed by atoms with Crippen LogP contribution in [0.5, 0.6) is 0 Å². The molecule has 0 aromatic heterocycles. The van der Waals surface area contributed by atoms with Gasteiger partial charge in [-0.15, -0.1) is 0 Å². The lowest BCUT2D eigenvalue weighted by atomic mass is 9.95. The van der Waals surface area contributed by atoms with Crippen molar-refractivity contribution in [3.8, 4) is 0 Å². The van der Waals surface area contributed by atoms with Crippen LogP contribution in [0.1, 0.15) is 74.1 Å². The molecule has 24 heavy (non-hydrogen) atoms. The zero-order chi connectivity index (χ0) is 16.8. The van der Waals surface area contributed by atoms with Crippen LogP contribution in [-0.4, -0.2) is 0 Å². The van der Waals surface area contributed by atoms with E-state index in [4.69, 9.17) is 0 Å². The van der Waals surface area contributed by atoms with E-state index in [9.17, 15) is 0 Å². The zero-order valence-electron chi connectivity index (χ0n) is 15.1. The molecule has 1 radical (unpaired) electrons. The molecular formula is C24H29. The van der Waals surface area contributed by atoms with Gasteiger partial charge in [0.05, 0.1) is 0 Å². The summed E-state index contributed by atoms with van der Waals surface area (Å²) >= 11 is 0. The Morgan fingerprint density at radius 3 is 2.25 bits per heavy atom. The summed E-state index contributed by atoms with van der Waals surface area (Å²) in [6, 6.07) is 17.9. The molecule has 0 fully saturated rings. The third kappa shape index (κ3) is 3.98. The molecule has 0 amide bonds. The van der Waals surface area contributed by atoms with Crippen molar-refractivity contribution in [1.29, 1.82) is 0 Å². The van der Waals surface area contributed by atoms with Crippen molar-refractivity contribution < 1.29 is 0 Å². The van der Waals surface area contributed by atoms with E-state index in [0.717, 1.165) is 0 Å². The van der Waals surface area contributed by atoms with Gasteiger partial charge in [-0.3, -0.25) is 0 Å². The minimum Gasteiger partial charge on any atom is -0.0654 e. The fraction of sp³-hybridized carbons (Fsp3) is 0.375. The smallest absolute Gasteiger partial charge is 0.0214 e. The molecule has 3 rings (SSSR count). The highest BCUT2D eigenvalue weighted by molar-refractivity contribution is 6.02. The van der Waals surface area contributed by atoms with Crippen LogP contribution in [0.25, 0.3) is 11.1 Å². The molecule has 0 nitrogen and oxygen atoms in total. The maximum atomic E-state index is 2.38. The number of allylic oxidation sites excluding steroid dienone is 2. The van der Waals surface area contributed by atoms with Crippen LogP contribution in [0.2, 0.25) is 0 Å². The first-order valence-corrected chi connectivity index (χ1v) is 9.54. The zero-order valence-corrected chi connectivity index (χ0v) is 15.1. The fourth-order valence-electron chi connectivity index (χ4n) is 3.63. The lowest BCUT2D eigenvalue weighted by Crippen LogP contribution is -1.88. The molecule has 2 aromatic carbocycles. The van der Waals surface area contributed by atoms with Crippen molar-refractivity contribution in [3.05, 3.63) is 77.2 Å². The molecule has 0 spiro atoms. The Balaban J connectivity index is 1.76. The van der Waals surface area contributed by atoms with E-state index in [1.807, 2.05) is 0 Å². The van der Waals surface area contributed by atoms with Gasteiger partial charge in [0.25, 0.3) is 0 Å². The highest BCUT2D eigenvalue weighted by Crippen LogP contribution is 2.42. The maximum absolute atomic E-state index is 2.38. The van der Waals surface area contributed by atoms with Gasteiger partial charge in [0.1, 0.15) is 0 Å². The number of aryl methyl sites for hydroxylation is 1. The molecule has 0 heterocycles. The van der Waals surface area contributed by atoms with E-state index < -0.39 is 0 Å². The van der Waals surface area contributed by atoms with Gasteiger partial charge in [-0.25, -0.2) is 0 Å². The van der Waals surface area contributed by atoms with Crippen molar-refractivity contribution in [2.24, 2.45) is 0 Å². The van der Waals surface area contributed by atoms with E-state index in [0.29, 0.717) is 0 Å². The second-order valence-corrected chi connectivity index (χ2v) is 7.01. The molecule has 0 unspecified atom stereocenters. The summed E-state index contributed by atoms with van der Waals surface area (Å²) in [5.41, 5.74) is 8.50. The number of hydrogen-bond acceptors (Lipinski definition) is 0. The number of rotatable bonds is 8. The van der Waals surface area contributed by atoms with Crippen molar-refractivity contribution in [2.75, 3.05) is 0 Å². The van der Waals surface area contributed by atoms with Crippen LogP contribution in [0.4, 0.5) is 0 Å². The van der Waals surface area contributed by atoms with Gasteiger partial charge < -0.3 is 0 Å². The largest absolute Gasteiger partial charge is 0.0654 e. The fourth-order valence-corrected chi connectivity index (χ4v) is 3.63. The molecule has 125 valence electrons. The highest BCUT2D eigenvalue weighted by Gasteiger charge is 2.21. The molecule has 2 aromatic rings. The van der Waals surface area contributed by atoms with Crippen LogP contribution >= 0.6 is 0 Å². The molecule has 0 atom stereocenters. The normalized spacial score (nSPS) is 13.4. The number of unbranched alkanes of at least 4 members (excludes halogenated alkanes) is 5. The Hall–Kier alpha value is -1.82. The van der Waals surface area contributed by atoms with Crippen LogP contribution in [-0.2, 0) is 0 Å². The van der Waals surface area contributed by atoms with Gasteiger partial charge in [-0.2, -0.15) is 0 Å². The summed E-state index contributed by atoms with van der Waals surface area (Å²) in [4.78, 5) is 0. The van der Waals surface area contributed by atoms with E-state index in [1.54, 1.807) is 5.57 Å². The van der Waals surface area contributed by atoms with Gasteiger partial charge in [-0.05, 0) is 47.6 Å². The van der Waals surface area contributed by atoms with E-state index >= 15 is 0 Å². The van der Waals surface area contributed by atoms with Gasteiger partial charge in [0, 0.05) is 6.42 Å². The Labute approximate surface area is 147 Å². The number of fused-ring (bicyclic) bond motifs is 1. The predicted octanol–water partition coefficient (Wildman–Crippen LogP) is 7.22. The minimum absolute atomic E-state index is 1.20. The predicted molar refractivity (Wildman–Crippen MR) is 106 cm³/mol. The van der Waals surface area contributed by atoms with Gasteiger partial charge >= 0.3 is 0 Å². The lowest BCUT2D eigenvalue weighted by Gasteiger charge is -2.10. The average molecular weight is 317 g/mol. The molecule has 0 N–H and O–H groups in total. The molecule has 0 bridgehead atoms. The van der Waals surface area contributed by atoms with Crippen LogP contribution in [0.3, 0.4) is 0 Å². The molecule has 0 aliphatic heterocycles. The van der Waals surface area contributed by atoms with E-state index in [2.05, 4.69) is 68.8 Å². The molecule has 1 aliphatic rings. The summed E-state index contributed by atoms with van der Waals surface area (Å²) in [7, 11) is 0. The Morgan fingerprint density at radius 2 is 1.46 bits per heavy atom. The molecule has 1 aliphatic carbocycles. The first-order valence-electron chi connectivity index (χ1n) is 9.54. The van der Waals surface area contributed by atoms with E-state index in [-0.39, 0.29) is 0 Å². The van der Waals surface area contributed by atoms with Gasteiger partial charge in [-0.1, -0.05) is 93.1 Å². The highest BCUT2D eigenvalue weighted by atomic mass is 14.3. The van der Waals surface area contributed by atoms with Crippen molar-refractivity contribution >= 4 is 11.1 Å². The summed E-state index contributed by atoms with van der Waals surface area (Å²) in [6.45, 7) is 4.44. The average Bonchev–Trinajstić information content (AvgIpc) is 2.97. The maximum Gasteiger partial charge on any atom is 0.0214 e. The number of hydrogen-bond donors (Lipinski definition) is 0. The Morgan fingerprint density at radius 1 is 0.750 bits per heavy atom. The van der Waals surface area contributed by atoms with Crippen molar-refractivity contribution in [1.82, 2.24) is 0 Å². The Kier molecular flexibility index (Phi) is 5.91. The quantitative estimate of drug-likeness (QED) is 0.451. The van der Waals surface area contributed by atoms with Gasteiger partial charge in [0.2, 0.25) is 0 Å². The summed E-state index contributed by atoms with van der Waals surface area (Å²) in [5, 5.41) is 0. The SMILES string of the molecule is CCCCCCCCC1=C(c2ccc(C)cc2)[CH]c2ccccc21. The first kappa shape index (κ1) is 17.0. The number of benzene rings is 2. The topological polar surface area (TPSA) is 0 Å². The minimum atomic E-state index is 1.20. The second-order valence-electron chi connectivity index (χ2n) is 7.01. The van der Waals surface area contributed by atoms with E-state index in [1.165, 1.54) is 72.8 Å². The van der Waals surface area contributed by atoms with Crippen LogP contribution in [0, 0.1) is 13.3 Å². The van der Waals surface area contributed by atoms with Crippen molar-refractivity contribution in [3.63, 3.8) is 0 Å². The van der Waals surface area contributed by atoms with Crippen LogP contribution in [0.15, 0.2) is 48.5 Å². The second kappa shape index (κ2) is 8.33. The molecular weight excluding hydrogens is 288 g/mol. The van der Waals surface area contributed by atoms with Crippen molar-refractivity contribution in [2.45, 2.75) is 58.8 Å². The Bertz CT molecular complexity index is 688. The third-order valence-corrected chi connectivity index (χ3v) is 5.05. The monoisotopic (exact) mass is 317 g/mol. The van der Waals surface area contributed by atoms with Gasteiger partial charge in [0.15, 0.2) is 0 Å². The third-order valence-electron chi connectivity index (χ3n) is 5.05. The summed E-state index contributed by atoms with van der Waals surface area (Å²) in [6.07, 6.45) is 11.7. The first-order chi connectivity index (χ1) is 11.8. The summed E-state index contributed by atoms with van der Waals surface area (Å²) < 4.78 is 0. The molecule has 0 heteroatoms.